The van der Waals surface area contributed by atoms with E-state index in [0.29, 0.717) is 40.8 Å². The van der Waals surface area contributed by atoms with Crippen molar-refractivity contribution in [3.8, 4) is 11.8 Å². The van der Waals surface area contributed by atoms with Gasteiger partial charge in [0.15, 0.2) is 5.82 Å². The van der Waals surface area contributed by atoms with Crippen LogP contribution in [-0.4, -0.2) is 57.1 Å². The molecule has 2 heterocycles. The molecule has 0 unspecified atom stereocenters. The van der Waals surface area contributed by atoms with Crippen LogP contribution in [0.1, 0.15) is 63.0 Å². The molecule has 0 aliphatic rings. The number of imidazole rings is 1. The molecule has 0 saturated carbocycles. The lowest BCUT2D eigenvalue weighted by atomic mass is 10.1. The second-order valence-corrected chi connectivity index (χ2v) is 13.4. The summed E-state index contributed by atoms with van der Waals surface area (Å²) < 4.78 is 24.3. The monoisotopic (exact) mass is 676 g/mol. The third kappa shape index (κ3) is 9.24. The SMILES string of the molecule is CC(C)(C)OC(=O)N(C(=O)OC(C)(C)C)c1nc2ccccc2c2c1ncn2CCOCC#Cc1cccc(C(=O)OCc2ccccc2)c1. The Morgan fingerprint density at radius 1 is 0.840 bits per heavy atom. The largest absolute Gasteiger partial charge is 0.457 e. The van der Waals surface area contributed by atoms with Gasteiger partial charge in [-0.25, -0.2) is 24.4 Å². The molecule has 5 rings (SSSR count). The first-order valence-electron chi connectivity index (χ1n) is 16.2. The van der Waals surface area contributed by atoms with Crippen LogP contribution >= 0.6 is 0 Å². The number of aromatic nitrogens is 3. The van der Waals surface area contributed by atoms with E-state index in [4.69, 9.17) is 18.9 Å². The molecule has 0 radical (unpaired) electrons. The minimum Gasteiger partial charge on any atom is -0.457 e. The number of amides is 2. The standard InChI is InChI=1S/C39H40N4O7/c1-38(2,3)49-36(45)43(37(46)50-39(4,5)6)34-32-33(30-19-10-11-20-31(30)41-34)42(26-40-32)21-23-47-22-13-17-27-16-12-18-29(24-27)35(44)48-25-28-14-8-7-9-15-28/h7-12,14-16,18-20,24,26H,21-23,25H2,1-6H3. The highest BCUT2D eigenvalue weighted by Crippen LogP contribution is 2.32. The highest BCUT2D eigenvalue weighted by atomic mass is 16.6. The number of imide groups is 1. The molecule has 0 aliphatic carbocycles. The van der Waals surface area contributed by atoms with Crippen molar-refractivity contribution in [2.45, 2.75) is 65.9 Å². The van der Waals surface area contributed by atoms with Gasteiger partial charge in [0.2, 0.25) is 0 Å². The van der Waals surface area contributed by atoms with Crippen LogP contribution in [0.3, 0.4) is 0 Å². The first-order valence-corrected chi connectivity index (χ1v) is 16.2. The number of hydrogen-bond donors (Lipinski definition) is 0. The summed E-state index contributed by atoms with van der Waals surface area (Å²) in [6.07, 6.45) is -0.244. The predicted octanol–water partition coefficient (Wildman–Crippen LogP) is 7.69. The molecule has 0 N–H and O–H groups in total. The summed E-state index contributed by atoms with van der Waals surface area (Å²) in [6, 6.07) is 23.8. The van der Waals surface area contributed by atoms with E-state index in [-0.39, 0.29) is 19.0 Å². The van der Waals surface area contributed by atoms with Crippen molar-refractivity contribution in [3.63, 3.8) is 0 Å². The van der Waals surface area contributed by atoms with E-state index in [2.05, 4.69) is 21.8 Å². The first-order chi connectivity index (χ1) is 23.8. The number of carbonyl (C=O) groups excluding carboxylic acids is 3. The number of fused-ring (bicyclic) bond motifs is 3. The second kappa shape index (κ2) is 15.2. The number of para-hydroxylation sites is 1. The van der Waals surface area contributed by atoms with E-state index in [1.165, 1.54) is 0 Å². The molecule has 0 aliphatic heterocycles. The first kappa shape index (κ1) is 35.6. The number of anilines is 1. The predicted molar refractivity (Wildman–Crippen MR) is 190 cm³/mol. The van der Waals surface area contributed by atoms with E-state index >= 15 is 0 Å². The normalized spacial score (nSPS) is 11.5. The number of pyridine rings is 1. The fourth-order valence-electron chi connectivity index (χ4n) is 4.91. The summed E-state index contributed by atoms with van der Waals surface area (Å²) in [5.41, 5.74) is 1.75. The third-order valence-corrected chi connectivity index (χ3v) is 6.99. The van der Waals surface area contributed by atoms with Crippen LogP contribution in [0.25, 0.3) is 21.9 Å². The van der Waals surface area contributed by atoms with E-state index in [1.54, 1.807) is 72.1 Å². The van der Waals surface area contributed by atoms with Gasteiger partial charge >= 0.3 is 18.2 Å². The highest BCUT2D eigenvalue weighted by Gasteiger charge is 2.36. The highest BCUT2D eigenvalue weighted by molar-refractivity contribution is 6.16. The topological polar surface area (TPSA) is 122 Å². The molecule has 0 atom stereocenters. The maximum absolute atomic E-state index is 13.5. The fraction of sp³-hybridized carbons (Fsp3) is 0.308. The Morgan fingerprint density at radius 3 is 2.22 bits per heavy atom. The van der Waals surface area contributed by atoms with Crippen LogP contribution in [0.15, 0.2) is 85.2 Å². The van der Waals surface area contributed by atoms with Gasteiger partial charge in [0.05, 0.1) is 29.5 Å². The molecule has 5 aromatic rings. The molecule has 3 aromatic carbocycles. The van der Waals surface area contributed by atoms with Crippen molar-refractivity contribution < 1.29 is 33.3 Å². The summed E-state index contributed by atoms with van der Waals surface area (Å²) in [5, 5.41) is 0.777. The van der Waals surface area contributed by atoms with E-state index in [1.807, 2.05) is 59.2 Å². The molecular weight excluding hydrogens is 636 g/mol. The number of carbonyl (C=O) groups is 3. The number of benzene rings is 3. The molecule has 258 valence electrons. The molecule has 0 bridgehead atoms. The summed E-state index contributed by atoms with van der Waals surface area (Å²) in [5.74, 6) is 5.60. The van der Waals surface area contributed by atoms with Crippen molar-refractivity contribution in [1.82, 2.24) is 14.5 Å². The van der Waals surface area contributed by atoms with Gasteiger partial charge in [-0.1, -0.05) is 66.4 Å². The Bertz CT molecular complexity index is 2040. The molecular formula is C39H40N4O7. The van der Waals surface area contributed by atoms with Crippen LogP contribution in [0.2, 0.25) is 0 Å². The summed E-state index contributed by atoms with van der Waals surface area (Å²) in [6.45, 7) is 11.3. The number of rotatable bonds is 8. The van der Waals surface area contributed by atoms with Crippen molar-refractivity contribution in [1.29, 1.82) is 0 Å². The zero-order valence-corrected chi connectivity index (χ0v) is 29.1. The maximum Gasteiger partial charge on any atom is 0.425 e. The molecule has 0 saturated heterocycles. The lowest BCUT2D eigenvalue weighted by molar-refractivity contribution is 0.0425. The average Bonchev–Trinajstić information content (AvgIpc) is 3.49. The number of hydrogen-bond acceptors (Lipinski definition) is 9. The van der Waals surface area contributed by atoms with E-state index in [9.17, 15) is 14.4 Å². The van der Waals surface area contributed by atoms with Crippen LogP contribution in [0.4, 0.5) is 15.4 Å². The molecule has 0 spiro atoms. The Hall–Kier alpha value is -5.73. The van der Waals surface area contributed by atoms with Gasteiger partial charge in [-0.15, -0.1) is 0 Å². The fourth-order valence-corrected chi connectivity index (χ4v) is 4.91. The number of ether oxygens (including phenoxy) is 4. The quantitative estimate of drug-likeness (QED) is 0.0705. The van der Waals surface area contributed by atoms with Gasteiger partial charge in [-0.05, 0) is 71.4 Å². The lowest BCUT2D eigenvalue weighted by Crippen LogP contribution is -2.44. The Labute approximate surface area is 291 Å². The number of nitrogens with zero attached hydrogens (tertiary/aromatic N) is 4. The second-order valence-electron chi connectivity index (χ2n) is 13.4. The molecule has 50 heavy (non-hydrogen) atoms. The zero-order chi connectivity index (χ0) is 35.9. The van der Waals surface area contributed by atoms with Gasteiger partial charge < -0.3 is 23.5 Å². The minimum absolute atomic E-state index is 0.00101. The molecule has 2 aromatic heterocycles. The van der Waals surface area contributed by atoms with Gasteiger partial charge in [0, 0.05) is 17.5 Å². The Kier molecular flexibility index (Phi) is 10.8. The summed E-state index contributed by atoms with van der Waals surface area (Å²) in [4.78, 5) is 49.5. The smallest absolute Gasteiger partial charge is 0.425 e. The minimum atomic E-state index is -0.929. The van der Waals surface area contributed by atoms with Gasteiger partial charge in [-0.2, -0.15) is 4.90 Å². The van der Waals surface area contributed by atoms with Crippen molar-refractivity contribution in [2.24, 2.45) is 0 Å². The Balaban J connectivity index is 1.30. The van der Waals surface area contributed by atoms with Crippen LogP contribution < -0.4 is 4.90 Å². The van der Waals surface area contributed by atoms with Crippen LogP contribution in [0.5, 0.6) is 0 Å². The Morgan fingerprint density at radius 2 is 1.52 bits per heavy atom. The molecule has 11 heteroatoms. The summed E-state index contributed by atoms with van der Waals surface area (Å²) >= 11 is 0. The van der Waals surface area contributed by atoms with Crippen molar-refractivity contribution in [3.05, 3.63) is 102 Å². The van der Waals surface area contributed by atoms with Gasteiger partial charge in [0.1, 0.15) is 29.9 Å². The van der Waals surface area contributed by atoms with Crippen LogP contribution in [-0.2, 0) is 32.1 Å². The maximum atomic E-state index is 13.5. The third-order valence-electron chi connectivity index (χ3n) is 6.99. The molecule has 11 nitrogen and oxygen atoms in total. The molecule has 0 fully saturated rings. The van der Waals surface area contributed by atoms with Crippen LogP contribution in [0, 0.1) is 11.8 Å². The van der Waals surface area contributed by atoms with E-state index in [0.717, 1.165) is 15.8 Å². The number of esters is 1. The average molecular weight is 677 g/mol. The zero-order valence-electron chi connectivity index (χ0n) is 29.1. The van der Waals surface area contributed by atoms with Crippen molar-refractivity contribution in [2.75, 3.05) is 18.1 Å². The van der Waals surface area contributed by atoms with Gasteiger partial charge in [-0.3, -0.25) is 0 Å². The lowest BCUT2D eigenvalue weighted by Gasteiger charge is -2.28. The van der Waals surface area contributed by atoms with E-state index < -0.39 is 29.4 Å². The van der Waals surface area contributed by atoms with Gasteiger partial charge in [0.25, 0.3) is 0 Å². The summed E-state index contributed by atoms with van der Waals surface area (Å²) in [7, 11) is 0. The molecule has 2 amide bonds. The van der Waals surface area contributed by atoms with Crippen molar-refractivity contribution >= 4 is 45.9 Å².